The van der Waals surface area contributed by atoms with Crippen molar-refractivity contribution in [1.29, 1.82) is 0 Å². The molecule has 2 nitrogen and oxygen atoms in total. The van der Waals surface area contributed by atoms with Crippen molar-refractivity contribution in [3.63, 3.8) is 0 Å². The number of hydrogen-bond donors (Lipinski definition) is 1. The van der Waals surface area contributed by atoms with Crippen LogP contribution in [0, 0.1) is 0 Å². The molecular weight excluding hydrogens is 258 g/mol. The first kappa shape index (κ1) is 14.8. The summed E-state index contributed by atoms with van der Waals surface area (Å²) >= 11 is 6.40. The summed E-state index contributed by atoms with van der Waals surface area (Å²) in [6.07, 6.45) is 4.71. The first-order valence-corrected chi connectivity index (χ1v) is 7.73. The molecule has 0 saturated heterocycles. The second-order valence-corrected chi connectivity index (χ2v) is 5.62. The van der Waals surface area contributed by atoms with Crippen molar-refractivity contribution in [2.24, 2.45) is 0 Å². The summed E-state index contributed by atoms with van der Waals surface area (Å²) in [5.74, 6) is 0. The second kappa shape index (κ2) is 6.74. The Bertz CT molecular complexity index is 401. The van der Waals surface area contributed by atoms with E-state index in [1.165, 1.54) is 18.4 Å². The fourth-order valence-electron chi connectivity index (χ4n) is 3.27. The predicted molar refractivity (Wildman–Crippen MR) is 80.7 cm³/mol. The molecule has 2 rings (SSSR count). The molecule has 0 heterocycles. The summed E-state index contributed by atoms with van der Waals surface area (Å²) in [7, 11) is 0. The SMILES string of the molecule is CCNC(c1ccccc1Cl)C1(OCC)CCCC1. The van der Waals surface area contributed by atoms with Crippen molar-refractivity contribution in [3.05, 3.63) is 34.9 Å². The van der Waals surface area contributed by atoms with Gasteiger partial charge in [0.15, 0.2) is 0 Å². The quantitative estimate of drug-likeness (QED) is 0.837. The summed E-state index contributed by atoms with van der Waals surface area (Å²) in [5.41, 5.74) is 1.08. The van der Waals surface area contributed by atoms with Gasteiger partial charge in [-0.2, -0.15) is 0 Å². The maximum absolute atomic E-state index is 6.40. The van der Waals surface area contributed by atoms with Crippen LogP contribution in [-0.2, 0) is 4.74 Å². The molecule has 0 aromatic heterocycles. The maximum atomic E-state index is 6.40. The molecule has 0 bridgehead atoms. The molecule has 0 aliphatic heterocycles. The first-order valence-electron chi connectivity index (χ1n) is 7.35. The van der Waals surface area contributed by atoms with E-state index in [9.17, 15) is 0 Å². The van der Waals surface area contributed by atoms with Crippen molar-refractivity contribution in [3.8, 4) is 0 Å². The fourth-order valence-corrected chi connectivity index (χ4v) is 3.51. The Labute approximate surface area is 121 Å². The molecule has 1 aliphatic rings. The third-order valence-electron chi connectivity index (χ3n) is 4.03. The van der Waals surface area contributed by atoms with E-state index in [0.717, 1.165) is 31.0 Å². The zero-order chi connectivity index (χ0) is 13.7. The van der Waals surface area contributed by atoms with Gasteiger partial charge < -0.3 is 10.1 Å². The van der Waals surface area contributed by atoms with Crippen LogP contribution >= 0.6 is 11.6 Å². The van der Waals surface area contributed by atoms with Gasteiger partial charge in [-0.25, -0.2) is 0 Å². The Balaban J connectivity index is 2.35. The monoisotopic (exact) mass is 281 g/mol. The Morgan fingerprint density at radius 2 is 1.95 bits per heavy atom. The van der Waals surface area contributed by atoms with Crippen LogP contribution in [0.3, 0.4) is 0 Å². The van der Waals surface area contributed by atoms with Gasteiger partial charge in [-0.05, 0) is 37.9 Å². The van der Waals surface area contributed by atoms with Crippen molar-refractivity contribution in [2.45, 2.75) is 51.2 Å². The van der Waals surface area contributed by atoms with Crippen molar-refractivity contribution in [2.75, 3.05) is 13.2 Å². The summed E-state index contributed by atoms with van der Waals surface area (Å²) in [6, 6.07) is 8.32. The summed E-state index contributed by atoms with van der Waals surface area (Å²) in [5, 5.41) is 4.43. The van der Waals surface area contributed by atoms with Gasteiger partial charge in [0.2, 0.25) is 0 Å². The molecule has 19 heavy (non-hydrogen) atoms. The summed E-state index contributed by atoms with van der Waals surface area (Å²) in [6.45, 7) is 5.89. The van der Waals surface area contributed by atoms with Crippen LogP contribution in [0.1, 0.15) is 51.1 Å². The third kappa shape index (κ3) is 3.13. The molecule has 0 radical (unpaired) electrons. The normalized spacial score (nSPS) is 19.5. The van der Waals surface area contributed by atoms with Gasteiger partial charge in [-0.3, -0.25) is 0 Å². The van der Waals surface area contributed by atoms with Gasteiger partial charge in [0, 0.05) is 11.6 Å². The smallest absolute Gasteiger partial charge is 0.0876 e. The van der Waals surface area contributed by atoms with Gasteiger partial charge in [0.25, 0.3) is 0 Å². The molecule has 1 aromatic rings. The third-order valence-corrected chi connectivity index (χ3v) is 4.38. The molecular formula is C16H24ClNO. The molecule has 1 saturated carbocycles. The van der Waals surface area contributed by atoms with E-state index < -0.39 is 0 Å². The largest absolute Gasteiger partial charge is 0.373 e. The van der Waals surface area contributed by atoms with Crippen molar-refractivity contribution < 1.29 is 4.74 Å². The Morgan fingerprint density at radius 1 is 1.26 bits per heavy atom. The number of ether oxygens (including phenoxy) is 1. The van der Waals surface area contributed by atoms with Crippen LogP contribution in [0.15, 0.2) is 24.3 Å². The fraction of sp³-hybridized carbons (Fsp3) is 0.625. The average molecular weight is 282 g/mol. The molecule has 1 fully saturated rings. The Morgan fingerprint density at radius 3 is 2.53 bits per heavy atom. The highest BCUT2D eigenvalue weighted by Crippen LogP contribution is 2.44. The van der Waals surface area contributed by atoms with E-state index in [1.807, 2.05) is 12.1 Å². The maximum Gasteiger partial charge on any atom is 0.0876 e. The molecule has 1 aliphatic carbocycles. The lowest BCUT2D eigenvalue weighted by Gasteiger charge is -2.38. The van der Waals surface area contributed by atoms with Crippen LogP contribution in [0.2, 0.25) is 5.02 Å². The molecule has 1 aromatic carbocycles. The highest BCUT2D eigenvalue weighted by atomic mass is 35.5. The van der Waals surface area contributed by atoms with Gasteiger partial charge in [-0.15, -0.1) is 0 Å². The topological polar surface area (TPSA) is 21.3 Å². The number of rotatable bonds is 6. The van der Waals surface area contributed by atoms with Crippen LogP contribution in [-0.4, -0.2) is 18.8 Å². The molecule has 1 N–H and O–H groups in total. The predicted octanol–water partition coefficient (Wildman–Crippen LogP) is 4.34. The van der Waals surface area contributed by atoms with E-state index in [2.05, 4.69) is 31.3 Å². The molecule has 0 spiro atoms. The highest BCUT2D eigenvalue weighted by molar-refractivity contribution is 6.31. The Hall–Kier alpha value is -0.570. The van der Waals surface area contributed by atoms with Crippen molar-refractivity contribution >= 4 is 11.6 Å². The molecule has 1 atom stereocenters. The van der Waals surface area contributed by atoms with E-state index in [0.29, 0.717) is 0 Å². The minimum absolute atomic E-state index is 0.0875. The summed E-state index contributed by atoms with van der Waals surface area (Å²) < 4.78 is 6.19. The Kier molecular flexibility index (Phi) is 5.26. The number of hydrogen-bond acceptors (Lipinski definition) is 2. The lowest BCUT2D eigenvalue weighted by Crippen LogP contribution is -2.44. The van der Waals surface area contributed by atoms with Gasteiger partial charge in [-0.1, -0.05) is 49.6 Å². The molecule has 0 amide bonds. The van der Waals surface area contributed by atoms with E-state index in [4.69, 9.17) is 16.3 Å². The minimum Gasteiger partial charge on any atom is -0.373 e. The zero-order valence-electron chi connectivity index (χ0n) is 11.9. The molecule has 106 valence electrons. The number of halogens is 1. The van der Waals surface area contributed by atoms with Crippen LogP contribution in [0.4, 0.5) is 0 Å². The molecule has 3 heteroatoms. The van der Waals surface area contributed by atoms with E-state index in [1.54, 1.807) is 0 Å². The van der Waals surface area contributed by atoms with Crippen molar-refractivity contribution in [1.82, 2.24) is 5.32 Å². The summed E-state index contributed by atoms with van der Waals surface area (Å²) in [4.78, 5) is 0. The lowest BCUT2D eigenvalue weighted by atomic mass is 9.86. The lowest BCUT2D eigenvalue weighted by molar-refractivity contribution is -0.0623. The van der Waals surface area contributed by atoms with Gasteiger partial charge in [0.05, 0.1) is 11.6 Å². The zero-order valence-corrected chi connectivity index (χ0v) is 12.7. The van der Waals surface area contributed by atoms with E-state index >= 15 is 0 Å². The minimum atomic E-state index is -0.0875. The first-order chi connectivity index (χ1) is 9.23. The van der Waals surface area contributed by atoms with Crippen LogP contribution < -0.4 is 5.32 Å². The van der Waals surface area contributed by atoms with E-state index in [-0.39, 0.29) is 11.6 Å². The molecule has 1 unspecified atom stereocenters. The standard InChI is InChI=1S/C16H24ClNO/c1-3-18-15(13-9-5-6-10-14(13)17)16(19-4-2)11-7-8-12-16/h5-6,9-10,15,18H,3-4,7-8,11-12H2,1-2H3. The average Bonchev–Trinajstić information content (AvgIpc) is 2.87. The van der Waals surface area contributed by atoms with Gasteiger partial charge >= 0.3 is 0 Å². The number of nitrogens with one attached hydrogen (secondary N) is 1. The highest BCUT2D eigenvalue weighted by Gasteiger charge is 2.43. The van der Waals surface area contributed by atoms with Gasteiger partial charge in [0.1, 0.15) is 0 Å². The number of likely N-dealkylation sites (N-methyl/N-ethyl adjacent to an activating group) is 1. The second-order valence-electron chi connectivity index (χ2n) is 5.22. The van der Waals surface area contributed by atoms with Crippen LogP contribution in [0.25, 0.3) is 0 Å². The number of benzene rings is 1. The van der Waals surface area contributed by atoms with Crippen LogP contribution in [0.5, 0.6) is 0 Å².